The summed E-state index contributed by atoms with van der Waals surface area (Å²) in [4.78, 5) is 55.6. The topological polar surface area (TPSA) is 226 Å². The van der Waals surface area contributed by atoms with Crippen molar-refractivity contribution >= 4 is 23.7 Å². The summed E-state index contributed by atoms with van der Waals surface area (Å²) in [5.74, 6) is -3.32. The molecule has 0 bridgehead atoms. The van der Waals surface area contributed by atoms with Crippen molar-refractivity contribution in [3.05, 3.63) is 18.2 Å². The van der Waals surface area contributed by atoms with Crippen LogP contribution in [-0.4, -0.2) is 80.7 Å². The van der Waals surface area contributed by atoms with Crippen molar-refractivity contribution in [1.29, 1.82) is 0 Å². The van der Waals surface area contributed by atoms with Gasteiger partial charge in [-0.25, -0.2) is 4.98 Å². The summed E-state index contributed by atoms with van der Waals surface area (Å²) in [6.07, 6.45) is 3.11. The Labute approximate surface area is 185 Å². The van der Waals surface area contributed by atoms with Crippen molar-refractivity contribution in [1.82, 2.24) is 25.9 Å². The second-order valence-electron chi connectivity index (χ2n) is 7.52. The van der Waals surface area contributed by atoms with Gasteiger partial charge in [0.2, 0.25) is 17.7 Å². The molecule has 0 spiro atoms. The number of nitrogens with one attached hydrogen (secondary N) is 4. The van der Waals surface area contributed by atoms with E-state index in [9.17, 15) is 24.3 Å². The van der Waals surface area contributed by atoms with E-state index in [1.54, 1.807) is 0 Å². The number of carbonyl (C=O) groups excluding carboxylic acids is 3. The molecule has 32 heavy (non-hydrogen) atoms. The maximum atomic E-state index is 12.9. The van der Waals surface area contributed by atoms with Crippen LogP contribution in [-0.2, 0) is 25.6 Å². The van der Waals surface area contributed by atoms with Crippen LogP contribution in [0.3, 0.4) is 0 Å². The van der Waals surface area contributed by atoms with Crippen molar-refractivity contribution in [2.75, 3.05) is 6.54 Å². The van der Waals surface area contributed by atoms with Crippen LogP contribution >= 0.6 is 0 Å². The first kappa shape index (κ1) is 27.0. The Kier molecular flexibility index (Phi) is 11.3. The van der Waals surface area contributed by atoms with Crippen LogP contribution in [0.4, 0.5) is 0 Å². The Morgan fingerprint density at radius 3 is 2.22 bits per heavy atom. The highest BCUT2D eigenvalue weighted by molar-refractivity contribution is 5.94. The Bertz CT molecular complexity index is 755. The van der Waals surface area contributed by atoms with Crippen molar-refractivity contribution < 1.29 is 29.4 Å². The van der Waals surface area contributed by atoms with Crippen LogP contribution in [0.15, 0.2) is 12.5 Å². The van der Waals surface area contributed by atoms with Crippen molar-refractivity contribution in [3.63, 3.8) is 0 Å². The lowest BCUT2D eigenvalue weighted by Crippen LogP contribution is -2.58. The van der Waals surface area contributed by atoms with Gasteiger partial charge < -0.3 is 42.6 Å². The number of aliphatic hydroxyl groups is 1. The fraction of sp³-hybridized carbons (Fsp3) is 0.632. The number of amides is 3. The second-order valence-corrected chi connectivity index (χ2v) is 7.52. The van der Waals surface area contributed by atoms with Crippen LogP contribution < -0.4 is 27.4 Å². The quantitative estimate of drug-likeness (QED) is 0.137. The average molecular weight is 456 g/mol. The smallest absolute Gasteiger partial charge is 0.325 e. The zero-order valence-corrected chi connectivity index (χ0v) is 18.2. The lowest BCUT2D eigenvalue weighted by molar-refractivity contribution is -0.141. The van der Waals surface area contributed by atoms with E-state index >= 15 is 0 Å². The number of hydrogen-bond acceptors (Lipinski definition) is 8. The van der Waals surface area contributed by atoms with Crippen molar-refractivity contribution in [2.24, 2.45) is 11.5 Å². The van der Waals surface area contributed by atoms with E-state index in [2.05, 4.69) is 25.9 Å². The van der Waals surface area contributed by atoms with Gasteiger partial charge >= 0.3 is 5.97 Å². The molecule has 0 saturated carbocycles. The number of carbonyl (C=O) groups is 4. The number of H-pyrrole nitrogens is 1. The summed E-state index contributed by atoms with van der Waals surface area (Å²) in [7, 11) is 0. The number of carboxylic acid groups (broad SMARTS) is 1. The summed E-state index contributed by atoms with van der Waals surface area (Å²) in [5.41, 5.74) is 11.7. The third-order valence-electron chi connectivity index (χ3n) is 4.74. The van der Waals surface area contributed by atoms with E-state index in [-0.39, 0.29) is 12.8 Å². The van der Waals surface area contributed by atoms with E-state index in [0.29, 0.717) is 25.1 Å². The van der Waals surface area contributed by atoms with Gasteiger partial charge in [-0.3, -0.25) is 19.2 Å². The molecular formula is C19H33N7O6. The number of unbranched alkanes of at least 4 members (excludes halogenated alkanes) is 1. The van der Waals surface area contributed by atoms with Gasteiger partial charge in [0.1, 0.15) is 24.2 Å². The SMILES string of the molecule is CC(NC(=O)C(Cc1cnc[nH]1)NC(=O)C(CCCCN)NC(=O)C(N)C(C)O)C(=O)O. The highest BCUT2D eigenvalue weighted by Crippen LogP contribution is 2.05. The monoisotopic (exact) mass is 455 g/mol. The molecule has 10 N–H and O–H groups in total. The van der Waals surface area contributed by atoms with Crippen molar-refractivity contribution in [3.8, 4) is 0 Å². The summed E-state index contributed by atoms with van der Waals surface area (Å²) >= 11 is 0. The molecular weight excluding hydrogens is 422 g/mol. The number of rotatable bonds is 14. The number of aromatic nitrogens is 2. The predicted molar refractivity (Wildman–Crippen MR) is 114 cm³/mol. The minimum absolute atomic E-state index is 0.0145. The van der Waals surface area contributed by atoms with Crippen molar-refractivity contribution in [2.45, 2.75) is 69.8 Å². The zero-order chi connectivity index (χ0) is 24.3. The fourth-order valence-electron chi connectivity index (χ4n) is 2.72. The molecule has 180 valence electrons. The molecule has 5 unspecified atom stereocenters. The lowest BCUT2D eigenvalue weighted by Gasteiger charge is -2.25. The minimum atomic E-state index is -1.24. The molecule has 1 aromatic rings. The number of imidazole rings is 1. The van der Waals surface area contributed by atoms with Crippen LogP contribution in [0.25, 0.3) is 0 Å². The number of hydrogen-bond donors (Lipinski definition) is 8. The highest BCUT2D eigenvalue weighted by Gasteiger charge is 2.30. The van der Waals surface area contributed by atoms with E-state index in [1.165, 1.54) is 26.4 Å². The Morgan fingerprint density at radius 1 is 1.06 bits per heavy atom. The molecule has 0 radical (unpaired) electrons. The fourth-order valence-corrected chi connectivity index (χ4v) is 2.72. The van der Waals surface area contributed by atoms with Crippen LogP contribution in [0.2, 0.25) is 0 Å². The van der Waals surface area contributed by atoms with Gasteiger partial charge in [0.05, 0.1) is 12.4 Å². The standard InChI is InChI=1S/C19H33N7O6/c1-10(19(31)32)24-17(29)14(7-12-8-22-9-23-12)26-16(28)13(5-3-4-6-20)25-18(30)15(21)11(2)27/h8-11,13-15,27H,3-7,20-21H2,1-2H3,(H,22,23)(H,24,29)(H,25,30)(H,26,28)(H,31,32). The first-order valence-electron chi connectivity index (χ1n) is 10.3. The maximum absolute atomic E-state index is 12.9. The molecule has 5 atom stereocenters. The maximum Gasteiger partial charge on any atom is 0.325 e. The third-order valence-corrected chi connectivity index (χ3v) is 4.74. The van der Waals surface area contributed by atoms with Gasteiger partial charge in [-0.1, -0.05) is 0 Å². The van der Waals surface area contributed by atoms with Crippen LogP contribution in [0.5, 0.6) is 0 Å². The van der Waals surface area contributed by atoms with Gasteiger partial charge in [0.25, 0.3) is 0 Å². The van der Waals surface area contributed by atoms with Crippen LogP contribution in [0.1, 0.15) is 38.8 Å². The summed E-state index contributed by atoms with van der Waals surface area (Å²) in [5, 5.41) is 26.0. The van der Waals surface area contributed by atoms with Gasteiger partial charge in [0, 0.05) is 18.3 Å². The average Bonchev–Trinajstić information content (AvgIpc) is 3.24. The summed E-state index contributed by atoms with van der Waals surface area (Å²) in [6.45, 7) is 3.04. The third kappa shape index (κ3) is 8.99. The molecule has 13 heteroatoms. The molecule has 1 aromatic heterocycles. The number of aliphatic carboxylic acids is 1. The first-order chi connectivity index (χ1) is 15.1. The molecule has 0 fully saturated rings. The van der Waals surface area contributed by atoms with E-state index in [0.717, 1.165) is 0 Å². The minimum Gasteiger partial charge on any atom is -0.480 e. The number of aliphatic hydroxyl groups excluding tert-OH is 1. The normalized spacial score (nSPS) is 15.7. The molecule has 0 saturated heterocycles. The molecule has 0 aromatic carbocycles. The van der Waals surface area contributed by atoms with Gasteiger partial charge in [-0.2, -0.15) is 0 Å². The van der Waals surface area contributed by atoms with Gasteiger partial charge in [0.15, 0.2) is 0 Å². The summed E-state index contributed by atoms with van der Waals surface area (Å²) in [6, 6.07) is -4.58. The summed E-state index contributed by atoms with van der Waals surface area (Å²) < 4.78 is 0. The van der Waals surface area contributed by atoms with E-state index in [1.807, 2.05) is 0 Å². The Morgan fingerprint density at radius 2 is 1.69 bits per heavy atom. The number of nitrogens with zero attached hydrogens (tertiary/aromatic N) is 1. The Balaban J connectivity index is 2.98. The van der Waals surface area contributed by atoms with E-state index in [4.69, 9.17) is 16.6 Å². The molecule has 1 rings (SSSR count). The second kappa shape index (κ2) is 13.4. The van der Waals surface area contributed by atoms with E-state index < -0.39 is 54.0 Å². The first-order valence-corrected chi connectivity index (χ1v) is 10.3. The van der Waals surface area contributed by atoms with Gasteiger partial charge in [-0.05, 0) is 39.7 Å². The zero-order valence-electron chi connectivity index (χ0n) is 18.2. The number of aromatic amines is 1. The number of carboxylic acids is 1. The molecule has 13 nitrogen and oxygen atoms in total. The largest absolute Gasteiger partial charge is 0.480 e. The molecule has 3 amide bonds. The predicted octanol–water partition coefficient (Wildman–Crippen LogP) is -2.65. The molecule has 0 aliphatic rings. The molecule has 0 aliphatic carbocycles. The molecule has 1 heterocycles. The molecule has 0 aliphatic heterocycles. The van der Waals surface area contributed by atoms with Gasteiger partial charge in [-0.15, -0.1) is 0 Å². The number of nitrogens with two attached hydrogens (primary N) is 2. The lowest BCUT2D eigenvalue weighted by atomic mass is 10.0. The van der Waals surface area contributed by atoms with Crippen LogP contribution in [0, 0.1) is 0 Å². The highest BCUT2D eigenvalue weighted by atomic mass is 16.4. The Hall–Kier alpha value is -3.03.